The Morgan fingerprint density at radius 3 is 2.93 bits per heavy atom. The molecule has 28 heavy (non-hydrogen) atoms. The molecule has 0 radical (unpaired) electrons. The van der Waals surface area contributed by atoms with E-state index in [1.165, 1.54) is 6.42 Å². The molecule has 2 unspecified atom stereocenters. The Balaban J connectivity index is 1.37. The molecule has 4 rings (SSSR count). The van der Waals surface area contributed by atoms with Crippen molar-refractivity contribution in [2.24, 2.45) is 11.8 Å². The summed E-state index contributed by atoms with van der Waals surface area (Å²) in [6.07, 6.45) is 4.38. The van der Waals surface area contributed by atoms with Gasteiger partial charge in [-0.1, -0.05) is 40.1 Å². The van der Waals surface area contributed by atoms with E-state index < -0.39 is 0 Å². The zero-order chi connectivity index (χ0) is 19.5. The summed E-state index contributed by atoms with van der Waals surface area (Å²) in [5.74, 6) is 2.24. The molecule has 3 heterocycles. The molecule has 1 amide bonds. The van der Waals surface area contributed by atoms with Gasteiger partial charge in [-0.05, 0) is 50.3 Å². The van der Waals surface area contributed by atoms with E-state index in [9.17, 15) is 4.79 Å². The van der Waals surface area contributed by atoms with E-state index in [4.69, 9.17) is 4.52 Å². The predicted molar refractivity (Wildman–Crippen MR) is 110 cm³/mol. The number of hydrogen-bond acceptors (Lipinski definition) is 5. The second-order valence-corrected chi connectivity index (χ2v) is 9.04. The van der Waals surface area contributed by atoms with E-state index in [0.29, 0.717) is 30.1 Å². The van der Waals surface area contributed by atoms with Crippen molar-refractivity contribution < 1.29 is 9.32 Å². The van der Waals surface area contributed by atoms with E-state index >= 15 is 0 Å². The van der Waals surface area contributed by atoms with Crippen LogP contribution in [0, 0.1) is 11.8 Å². The molecule has 7 heteroatoms. The average Bonchev–Trinajstić information content (AvgIpc) is 3.16. The van der Waals surface area contributed by atoms with Gasteiger partial charge >= 0.3 is 0 Å². The maximum Gasteiger partial charge on any atom is 0.241 e. The molecular weight excluding hydrogens is 420 g/mol. The summed E-state index contributed by atoms with van der Waals surface area (Å²) >= 11 is 3.47. The summed E-state index contributed by atoms with van der Waals surface area (Å²) in [5.41, 5.74) is 0.926. The lowest BCUT2D eigenvalue weighted by Gasteiger charge is -2.37. The highest BCUT2D eigenvalue weighted by Crippen LogP contribution is 2.25. The standard InChI is InChI=1S/C21H27BrN4O2/c1-15-5-3-10-26(12-15)21(27)17-7-4-9-25(13-17)14-19-23-20(24-28-19)16-6-2-8-18(22)11-16/h2,6,8,11,15,17H,3-5,7,9-10,12-14H2,1H3. The number of carbonyl (C=O) groups excluding carboxylic acids is 1. The van der Waals surface area contributed by atoms with Gasteiger partial charge in [0.05, 0.1) is 12.5 Å². The first-order valence-corrected chi connectivity index (χ1v) is 11.0. The highest BCUT2D eigenvalue weighted by atomic mass is 79.9. The number of carbonyl (C=O) groups is 1. The van der Waals surface area contributed by atoms with Gasteiger partial charge in [0.2, 0.25) is 17.6 Å². The molecule has 2 aliphatic heterocycles. The van der Waals surface area contributed by atoms with Crippen LogP contribution >= 0.6 is 15.9 Å². The molecule has 0 N–H and O–H groups in total. The summed E-state index contributed by atoms with van der Waals surface area (Å²) < 4.78 is 6.46. The number of halogens is 1. The molecule has 2 aromatic rings. The summed E-state index contributed by atoms with van der Waals surface area (Å²) in [6.45, 7) is 6.41. The van der Waals surface area contributed by atoms with Crippen molar-refractivity contribution in [2.45, 2.75) is 39.2 Å². The molecule has 1 aromatic carbocycles. The first-order chi connectivity index (χ1) is 13.6. The molecule has 2 aliphatic rings. The van der Waals surface area contributed by atoms with Gasteiger partial charge in [0.1, 0.15) is 0 Å². The lowest BCUT2D eigenvalue weighted by Crippen LogP contribution is -2.47. The molecule has 150 valence electrons. The Morgan fingerprint density at radius 2 is 2.11 bits per heavy atom. The minimum atomic E-state index is 0.0894. The van der Waals surface area contributed by atoms with Crippen LogP contribution in [-0.2, 0) is 11.3 Å². The fraction of sp³-hybridized carbons (Fsp3) is 0.571. The molecule has 1 aromatic heterocycles. The van der Waals surface area contributed by atoms with E-state index in [-0.39, 0.29) is 5.92 Å². The monoisotopic (exact) mass is 446 g/mol. The van der Waals surface area contributed by atoms with Crippen molar-refractivity contribution in [2.75, 3.05) is 26.2 Å². The van der Waals surface area contributed by atoms with Gasteiger partial charge in [-0.15, -0.1) is 0 Å². The normalized spacial score (nSPS) is 23.7. The van der Waals surface area contributed by atoms with Crippen molar-refractivity contribution in [3.05, 3.63) is 34.6 Å². The van der Waals surface area contributed by atoms with Crippen molar-refractivity contribution in [3.63, 3.8) is 0 Å². The Hall–Kier alpha value is -1.73. The van der Waals surface area contributed by atoms with Crippen molar-refractivity contribution >= 4 is 21.8 Å². The van der Waals surface area contributed by atoms with Gasteiger partial charge in [-0.2, -0.15) is 4.98 Å². The van der Waals surface area contributed by atoms with E-state index in [1.807, 2.05) is 24.3 Å². The summed E-state index contributed by atoms with van der Waals surface area (Å²) in [5, 5.41) is 4.12. The van der Waals surface area contributed by atoms with Gasteiger partial charge in [0.15, 0.2) is 0 Å². The highest BCUT2D eigenvalue weighted by Gasteiger charge is 2.31. The Labute approximate surface area is 174 Å². The maximum absolute atomic E-state index is 13.0. The Kier molecular flexibility index (Phi) is 6.11. The van der Waals surface area contributed by atoms with Gasteiger partial charge in [-0.3, -0.25) is 9.69 Å². The summed E-state index contributed by atoms with van der Waals surface area (Å²) in [7, 11) is 0. The summed E-state index contributed by atoms with van der Waals surface area (Å²) in [4.78, 5) is 21.9. The molecule has 0 aliphatic carbocycles. The zero-order valence-electron chi connectivity index (χ0n) is 16.3. The molecule has 2 saturated heterocycles. The molecule has 0 saturated carbocycles. The fourth-order valence-corrected chi connectivity index (χ4v) is 4.70. The van der Waals surface area contributed by atoms with Crippen LogP contribution in [-0.4, -0.2) is 52.0 Å². The number of nitrogens with zero attached hydrogens (tertiary/aromatic N) is 4. The number of hydrogen-bond donors (Lipinski definition) is 0. The first kappa shape index (κ1) is 19.6. The quantitative estimate of drug-likeness (QED) is 0.710. The van der Waals surface area contributed by atoms with Crippen molar-refractivity contribution in [1.82, 2.24) is 19.9 Å². The third-order valence-electron chi connectivity index (χ3n) is 5.73. The minimum Gasteiger partial charge on any atom is -0.342 e. The third-order valence-corrected chi connectivity index (χ3v) is 6.23. The van der Waals surface area contributed by atoms with Crippen LogP contribution in [0.4, 0.5) is 0 Å². The lowest BCUT2D eigenvalue weighted by atomic mass is 9.93. The predicted octanol–water partition coefficient (Wildman–Crippen LogP) is 3.97. The SMILES string of the molecule is CC1CCCN(C(=O)C2CCCN(Cc3nc(-c4cccc(Br)c4)no3)C2)C1. The zero-order valence-corrected chi connectivity index (χ0v) is 17.9. The Bertz CT molecular complexity index is 824. The second kappa shape index (κ2) is 8.74. The third kappa shape index (κ3) is 4.63. The van der Waals surface area contributed by atoms with Crippen LogP contribution in [0.5, 0.6) is 0 Å². The number of likely N-dealkylation sites (tertiary alicyclic amines) is 2. The lowest BCUT2D eigenvalue weighted by molar-refractivity contribution is -0.139. The number of aromatic nitrogens is 2. The molecule has 6 nitrogen and oxygen atoms in total. The topological polar surface area (TPSA) is 62.5 Å². The molecular formula is C21H27BrN4O2. The number of amides is 1. The average molecular weight is 447 g/mol. The Morgan fingerprint density at radius 1 is 1.25 bits per heavy atom. The molecule has 0 spiro atoms. The molecule has 2 fully saturated rings. The van der Waals surface area contributed by atoms with E-state index in [0.717, 1.165) is 55.5 Å². The largest absolute Gasteiger partial charge is 0.342 e. The summed E-state index contributed by atoms with van der Waals surface area (Å²) in [6, 6.07) is 7.87. The molecule has 0 bridgehead atoms. The smallest absolute Gasteiger partial charge is 0.241 e. The minimum absolute atomic E-state index is 0.0894. The fourth-order valence-electron chi connectivity index (χ4n) is 4.30. The van der Waals surface area contributed by atoms with Gasteiger partial charge in [0, 0.05) is 29.7 Å². The number of rotatable bonds is 4. The van der Waals surface area contributed by atoms with E-state index in [2.05, 4.69) is 42.8 Å². The van der Waals surface area contributed by atoms with Crippen LogP contribution in [0.3, 0.4) is 0 Å². The van der Waals surface area contributed by atoms with Crippen LogP contribution in [0.2, 0.25) is 0 Å². The van der Waals surface area contributed by atoms with E-state index in [1.54, 1.807) is 0 Å². The first-order valence-electron chi connectivity index (χ1n) is 10.2. The van der Waals surface area contributed by atoms with Crippen LogP contribution in [0.1, 0.15) is 38.5 Å². The second-order valence-electron chi connectivity index (χ2n) is 8.13. The van der Waals surface area contributed by atoms with Gasteiger partial charge in [0.25, 0.3) is 0 Å². The number of benzene rings is 1. The van der Waals surface area contributed by atoms with Gasteiger partial charge < -0.3 is 9.42 Å². The van der Waals surface area contributed by atoms with Crippen LogP contribution < -0.4 is 0 Å². The number of piperidine rings is 2. The maximum atomic E-state index is 13.0. The van der Waals surface area contributed by atoms with Crippen molar-refractivity contribution in [3.8, 4) is 11.4 Å². The van der Waals surface area contributed by atoms with Crippen LogP contribution in [0.15, 0.2) is 33.3 Å². The molecule has 2 atom stereocenters. The van der Waals surface area contributed by atoms with Gasteiger partial charge in [-0.25, -0.2) is 0 Å². The highest BCUT2D eigenvalue weighted by molar-refractivity contribution is 9.10. The van der Waals surface area contributed by atoms with Crippen LogP contribution in [0.25, 0.3) is 11.4 Å². The van der Waals surface area contributed by atoms with Crippen molar-refractivity contribution in [1.29, 1.82) is 0 Å².